The number of nitrogens with zero attached hydrogens (tertiary/aromatic N) is 2. The predicted molar refractivity (Wildman–Crippen MR) is 241 cm³/mol. The Hall–Kier alpha value is -2.43. The minimum atomic E-state index is -1.50. The Balaban J connectivity index is -0.000000343. The topological polar surface area (TPSA) is 189 Å². The molecule has 348 valence electrons. The summed E-state index contributed by atoms with van der Waals surface area (Å²) < 4.78 is 37.6. The average molecular weight is 868 g/mol. The van der Waals surface area contributed by atoms with Gasteiger partial charge < -0.3 is 30.7 Å². The maximum atomic E-state index is 11.5. The molecule has 0 aromatic carbocycles. The number of hydrogen-bond acceptors (Lipinski definition) is 9. The second kappa shape index (κ2) is 40.9. The number of hydroxylamine groups is 2. The summed E-state index contributed by atoms with van der Waals surface area (Å²) in [4.78, 5) is 62.6. The van der Waals surface area contributed by atoms with Gasteiger partial charge in [0.25, 0.3) is 0 Å². The van der Waals surface area contributed by atoms with Crippen LogP contribution in [0.4, 0.5) is 0 Å². The van der Waals surface area contributed by atoms with Gasteiger partial charge in [0.1, 0.15) is 18.5 Å². The normalized spacial score (nSPS) is 20.9. The van der Waals surface area contributed by atoms with Crippen LogP contribution in [0.5, 0.6) is 0 Å². The third kappa shape index (κ3) is 39.5. The Morgan fingerprint density at radius 3 is 1.46 bits per heavy atom. The number of rotatable bonds is 22. The highest BCUT2D eigenvalue weighted by Gasteiger charge is 2.31. The van der Waals surface area contributed by atoms with E-state index in [0.717, 1.165) is 69.3 Å². The third-order valence-electron chi connectivity index (χ3n) is 9.10. The van der Waals surface area contributed by atoms with Crippen molar-refractivity contribution in [3.8, 4) is 0 Å². The Kier molecular flexibility index (Phi) is 36.6. The van der Waals surface area contributed by atoms with Gasteiger partial charge in [-0.15, -0.1) is 11.6 Å². The van der Waals surface area contributed by atoms with Crippen molar-refractivity contribution in [1.82, 2.24) is 5.06 Å². The largest absolute Gasteiger partial charge is 0.481 e. The number of aliphatic hydroxyl groups is 2. The minimum absolute atomic E-state index is 0.140. The molecule has 0 aliphatic heterocycles. The molecule has 0 spiro atoms. The van der Waals surface area contributed by atoms with Gasteiger partial charge in [-0.3, -0.25) is 24.0 Å². The Labute approximate surface area is 371 Å². The van der Waals surface area contributed by atoms with E-state index in [9.17, 15) is 34.2 Å². The molecule has 3 saturated carbocycles. The molecular weight excluding hydrogens is 774 g/mol. The standard InChI is InChI=1S/C11H20O2.C10H19NO2.C8H17NO2.C6H12O2.C6H12O.C4H5N.CH3Cl/c1-3-4-8(2)11(13)10(12)7-9-5-6-9;1-2-3-8(11)10(13)9(12)6-7-4-5-7;1-5-6-7(2)8(10)9(3)11-4;1-3-4-5(2)6(7)8;1-3-4-6(2)5-7;1-5-4-2-3-4;1-2/h8-9,11,13H,3-7H2,1-2H3;7-8,10,13H,2-6,11H2,1H3;7H,5-6H2,1-4H3;5H,3-4H2,1-2H3,(H,7,8);5-6H,3-4H2,1-2H3;4H,2-3H2;1H3/t8-,11?;8-,10?;7-;5-;6-;;/m00000../s1/i2*8D;7D;5D;6D;;. The van der Waals surface area contributed by atoms with E-state index in [4.69, 9.17) is 29.1 Å². The fourth-order valence-electron chi connectivity index (χ4n) is 4.85. The van der Waals surface area contributed by atoms with E-state index < -0.39 is 47.8 Å². The highest BCUT2D eigenvalue weighted by atomic mass is 35.5. The lowest BCUT2D eigenvalue weighted by atomic mass is 9.94. The van der Waals surface area contributed by atoms with Crippen molar-refractivity contribution in [1.29, 1.82) is 0 Å². The average Bonchev–Trinajstić information content (AvgIpc) is 4.06. The minimum Gasteiger partial charge on any atom is -0.481 e. The van der Waals surface area contributed by atoms with Gasteiger partial charge in [0.05, 0.1) is 13.0 Å². The lowest BCUT2D eigenvalue weighted by Crippen LogP contribution is -2.40. The molecule has 0 heterocycles. The molecule has 59 heavy (non-hydrogen) atoms. The van der Waals surface area contributed by atoms with Gasteiger partial charge in [-0.25, -0.2) is 11.6 Å². The number of Topliss-reactive ketones (excluding diaryl/α,β-unsaturated/α-hetero) is 2. The lowest BCUT2D eigenvalue weighted by Gasteiger charge is -2.17. The van der Waals surface area contributed by atoms with E-state index in [1.807, 2.05) is 34.6 Å². The molecule has 0 bridgehead atoms. The summed E-state index contributed by atoms with van der Waals surface area (Å²) in [6, 6.07) is -1.07. The number of halogens is 1. The van der Waals surface area contributed by atoms with Gasteiger partial charge in [0.15, 0.2) is 11.6 Å². The van der Waals surface area contributed by atoms with Crippen LogP contribution >= 0.6 is 11.6 Å². The van der Waals surface area contributed by atoms with Crippen molar-refractivity contribution in [3.05, 3.63) is 11.4 Å². The van der Waals surface area contributed by atoms with E-state index in [1.165, 1.54) is 27.5 Å². The summed E-state index contributed by atoms with van der Waals surface area (Å²) in [7, 11) is 2.94. The van der Waals surface area contributed by atoms with Gasteiger partial charge in [-0.2, -0.15) is 0 Å². The first-order chi connectivity index (χ1) is 29.5. The van der Waals surface area contributed by atoms with Crippen LogP contribution in [-0.4, -0.2) is 94.9 Å². The van der Waals surface area contributed by atoms with Crippen LogP contribution < -0.4 is 5.73 Å². The van der Waals surface area contributed by atoms with Crippen LogP contribution in [0.15, 0.2) is 0 Å². The summed E-state index contributed by atoms with van der Waals surface area (Å²) in [6.07, 6.45) is 13.9. The first-order valence-corrected chi connectivity index (χ1v) is 22.2. The molecule has 0 radical (unpaired) electrons. The van der Waals surface area contributed by atoms with Crippen LogP contribution in [0.2, 0.25) is 0 Å². The zero-order valence-electron chi connectivity index (χ0n) is 43.8. The van der Waals surface area contributed by atoms with E-state index in [0.29, 0.717) is 75.5 Å². The van der Waals surface area contributed by atoms with Crippen LogP contribution in [-0.2, 0) is 28.8 Å². The van der Waals surface area contributed by atoms with E-state index >= 15 is 0 Å². The summed E-state index contributed by atoms with van der Waals surface area (Å²) in [5.41, 5.74) is 5.56. The number of aliphatic hydroxyl groups excluding tert-OH is 2. The summed E-state index contributed by atoms with van der Waals surface area (Å²) in [5.74, 6) is -4.98. The van der Waals surface area contributed by atoms with Gasteiger partial charge in [0, 0.05) is 63.8 Å². The number of alkyl halides is 1. The zero-order chi connectivity index (χ0) is 51.1. The molecular formula is C46H88ClN3O9. The van der Waals surface area contributed by atoms with E-state index in [2.05, 4.69) is 16.4 Å². The Morgan fingerprint density at radius 1 is 0.780 bits per heavy atom. The van der Waals surface area contributed by atoms with Gasteiger partial charge in [0.2, 0.25) is 11.9 Å². The Bertz CT molecular complexity index is 1310. The third-order valence-corrected chi connectivity index (χ3v) is 9.10. The van der Waals surface area contributed by atoms with Crippen LogP contribution in [0.25, 0.3) is 4.85 Å². The summed E-state index contributed by atoms with van der Waals surface area (Å²) >= 11 is 4.64. The molecule has 12 nitrogen and oxygen atoms in total. The smallest absolute Gasteiger partial charge is 0.306 e. The van der Waals surface area contributed by atoms with Crippen LogP contribution in [0, 0.1) is 42.0 Å². The second-order valence-corrected chi connectivity index (χ2v) is 15.4. The fourth-order valence-corrected chi connectivity index (χ4v) is 4.85. The molecule has 3 aliphatic carbocycles. The molecule has 7 atom stereocenters. The maximum Gasteiger partial charge on any atom is 0.306 e. The van der Waals surface area contributed by atoms with E-state index in [-0.39, 0.29) is 17.5 Å². The first kappa shape index (κ1) is 52.7. The van der Waals surface area contributed by atoms with Crippen molar-refractivity contribution >= 4 is 41.3 Å². The number of ketones is 2. The van der Waals surface area contributed by atoms with Crippen molar-refractivity contribution < 1.29 is 51.0 Å². The fraction of sp³-hybridized carbons (Fsp3) is 0.870. The number of carbonyl (C=O) groups is 5. The number of carboxylic acids is 1. The molecule has 0 aromatic rings. The van der Waals surface area contributed by atoms with Crippen LogP contribution in [0.3, 0.4) is 0 Å². The number of hydrogen-bond donors (Lipinski definition) is 4. The second-order valence-electron chi connectivity index (χ2n) is 15.4. The SMILES string of the molecule is CCl.[2H][C@@](C)(C=O)CCC.[2H][C@](C)(CCC)C(=O)N(C)OC.[2H][C@](C)(CCC)C(=O)O.[2H][C@](C)(CCC)C(O)C(=O)CC1CC1.[2H][C@](N)(CCC)C(O)C(=O)CC1CC1.[C-]#[N+]C1CC1. The number of carboxylic acid groups (broad SMARTS) is 1. The molecule has 3 rings (SSSR count). The van der Waals surface area contributed by atoms with Crippen molar-refractivity contribution in [3.63, 3.8) is 0 Å². The highest BCUT2D eigenvalue weighted by Crippen LogP contribution is 2.34. The number of amides is 1. The van der Waals surface area contributed by atoms with Crippen LogP contribution in [0.1, 0.15) is 185 Å². The van der Waals surface area contributed by atoms with Gasteiger partial charge >= 0.3 is 5.97 Å². The molecule has 13 heteroatoms. The summed E-state index contributed by atoms with van der Waals surface area (Å²) in [5, 5.41) is 28.8. The number of aliphatic carboxylic acids is 1. The monoisotopic (exact) mass is 867 g/mol. The molecule has 1 amide bonds. The zero-order valence-corrected chi connectivity index (χ0v) is 39.6. The highest BCUT2D eigenvalue weighted by molar-refractivity contribution is 6.15. The molecule has 2 unspecified atom stereocenters. The molecule has 5 N–H and O–H groups in total. The van der Waals surface area contributed by atoms with Crippen molar-refractivity contribution in [2.24, 2.45) is 41.1 Å². The van der Waals surface area contributed by atoms with Crippen molar-refractivity contribution in [2.75, 3.05) is 20.5 Å². The lowest BCUT2D eigenvalue weighted by molar-refractivity contribution is -0.173. The predicted octanol–water partition coefficient (Wildman–Crippen LogP) is 9.49. The van der Waals surface area contributed by atoms with Gasteiger partial charge in [-0.05, 0) is 75.5 Å². The number of carbonyl (C=O) groups excluding carboxylic acids is 4. The van der Waals surface area contributed by atoms with Crippen molar-refractivity contribution in [2.45, 2.75) is 202 Å². The molecule has 3 aliphatic rings. The molecule has 0 aromatic heterocycles. The first-order valence-electron chi connectivity index (χ1n) is 23.9. The Morgan fingerprint density at radius 2 is 1.19 bits per heavy atom. The van der Waals surface area contributed by atoms with Gasteiger partial charge in [-0.1, -0.05) is 94.4 Å². The summed E-state index contributed by atoms with van der Waals surface area (Å²) in [6.45, 7) is 22.3. The number of aldehydes is 1. The molecule has 0 saturated heterocycles. The molecule has 3 fully saturated rings. The maximum absolute atomic E-state index is 11.5. The quantitative estimate of drug-likeness (QED) is 0.0353. The van der Waals surface area contributed by atoms with E-state index in [1.54, 1.807) is 20.8 Å². The number of nitrogens with two attached hydrogens (primary N) is 1.